The molecule has 1 aliphatic carbocycles. The number of amides is 1. The lowest BCUT2D eigenvalue weighted by molar-refractivity contribution is -0.125. The van der Waals surface area contributed by atoms with E-state index in [1.807, 2.05) is 18.2 Å². The van der Waals surface area contributed by atoms with Gasteiger partial charge in [0.25, 0.3) is 0 Å². The molecule has 2 aromatic heterocycles. The molecule has 1 atom stereocenters. The summed E-state index contributed by atoms with van der Waals surface area (Å²) >= 11 is 1.69. The van der Waals surface area contributed by atoms with Crippen LogP contribution in [0.2, 0.25) is 0 Å². The molecule has 5 heteroatoms. The van der Waals surface area contributed by atoms with E-state index in [2.05, 4.69) is 17.2 Å². The minimum absolute atomic E-state index is 0.0983. The first kappa shape index (κ1) is 16.1. The van der Waals surface area contributed by atoms with Crippen LogP contribution in [-0.2, 0) is 17.6 Å². The molecule has 0 saturated heterocycles. The van der Waals surface area contributed by atoms with Crippen LogP contribution in [-0.4, -0.2) is 22.4 Å². The van der Waals surface area contributed by atoms with E-state index in [9.17, 15) is 4.79 Å². The molecule has 0 spiro atoms. The van der Waals surface area contributed by atoms with Crippen molar-refractivity contribution in [3.63, 3.8) is 0 Å². The number of pyridine rings is 1. The second kappa shape index (κ2) is 7.68. The molecule has 1 amide bonds. The van der Waals surface area contributed by atoms with Gasteiger partial charge >= 0.3 is 0 Å². The van der Waals surface area contributed by atoms with E-state index >= 15 is 0 Å². The summed E-state index contributed by atoms with van der Waals surface area (Å²) in [6.45, 7) is 2.98. The highest BCUT2D eigenvalue weighted by atomic mass is 32.1. The molecule has 0 aliphatic heterocycles. The van der Waals surface area contributed by atoms with E-state index in [0.29, 0.717) is 0 Å². The maximum Gasteiger partial charge on any atom is 0.223 e. The molecule has 122 valence electrons. The normalized spacial score (nSPS) is 16.8. The second-order valence-electron chi connectivity index (χ2n) is 6.04. The first-order chi connectivity index (χ1) is 11.3. The van der Waals surface area contributed by atoms with Crippen LogP contribution in [0.25, 0.3) is 10.7 Å². The Kier molecular flexibility index (Phi) is 5.39. The number of rotatable bonds is 6. The van der Waals surface area contributed by atoms with Crippen molar-refractivity contribution in [3.05, 3.63) is 35.0 Å². The topological polar surface area (TPSA) is 54.9 Å². The molecule has 23 heavy (non-hydrogen) atoms. The zero-order valence-corrected chi connectivity index (χ0v) is 14.4. The minimum Gasteiger partial charge on any atom is -0.356 e. The summed E-state index contributed by atoms with van der Waals surface area (Å²) in [7, 11) is 0. The molecule has 0 saturated carbocycles. The summed E-state index contributed by atoms with van der Waals surface area (Å²) < 4.78 is 0. The van der Waals surface area contributed by atoms with Gasteiger partial charge in [0.1, 0.15) is 5.01 Å². The van der Waals surface area contributed by atoms with Crippen LogP contribution in [0.5, 0.6) is 0 Å². The van der Waals surface area contributed by atoms with Crippen LogP contribution in [0, 0.1) is 5.92 Å². The number of aromatic nitrogens is 2. The molecule has 1 unspecified atom stereocenters. The summed E-state index contributed by atoms with van der Waals surface area (Å²) in [5, 5.41) is 4.06. The second-order valence-corrected chi connectivity index (χ2v) is 7.13. The molecule has 2 heterocycles. The number of thiazole rings is 1. The third kappa shape index (κ3) is 3.96. The van der Waals surface area contributed by atoms with Crippen molar-refractivity contribution in [2.75, 3.05) is 6.54 Å². The quantitative estimate of drug-likeness (QED) is 0.824. The van der Waals surface area contributed by atoms with Crippen molar-refractivity contribution in [2.24, 2.45) is 5.92 Å². The molecule has 0 bridgehead atoms. The summed E-state index contributed by atoms with van der Waals surface area (Å²) in [6.07, 6.45) is 7.84. The van der Waals surface area contributed by atoms with Crippen LogP contribution in [0.15, 0.2) is 24.4 Å². The largest absolute Gasteiger partial charge is 0.356 e. The monoisotopic (exact) mass is 329 g/mol. The first-order valence-corrected chi connectivity index (χ1v) is 9.27. The number of carbonyl (C=O) groups excluding carboxylic acids is 1. The summed E-state index contributed by atoms with van der Waals surface area (Å²) in [6, 6.07) is 5.88. The van der Waals surface area contributed by atoms with Crippen molar-refractivity contribution >= 4 is 17.2 Å². The fourth-order valence-electron chi connectivity index (χ4n) is 2.93. The number of carbonyl (C=O) groups is 1. The van der Waals surface area contributed by atoms with Gasteiger partial charge in [-0.05, 0) is 37.8 Å². The molecule has 2 aromatic rings. The van der Waals surface area contributed by atoms with Gasteiger partial charge in [0.05, 0.1) is 11.4 Å². The lowest BCUT2D eigenvalue weighted by Crippen LogP contribution is -2.34. The molecule has 4 nitrogen and oxygen atoms in total. The molecular formula is C18H23N3OS. The molecule has 0 radical (unpaired) electrons. The molecule has 3 rings (SSSR count). The maximum absolute atomic E-state index is 12.3. The number of nitrogens with one attached hydrogen (secondary N) is 1. The standard InChI is InChI=1S/C18H23N3OS/c1-2-3-5-11-20-17(22)13-8-9-14-16(12-13)23-18(21-14)15-7-4-6-10-19-15/h4,6-7,10,13H,2-3,5,8-9,11-12H2,1H3,(H,20,22). The first-order valence-electron chi connectivity index (χ1n) is 8.45. The molecular weight excluding hydrogens is 306 g/mol. The van der Waals surface area contributed by atoms with Gasteiger partial charge < -0.3 is 5.32 Å². The Bertz CT molecular complexity index is 654. The molecule has 1 aliphatic rings. The molecule has 0 aromatic carbocycles. The zero-order chi connectivity index (χ0) is 16.1. The van der Waals surface area contributed by atoms with Crippen molar-refractivity contribution in [2.45, 2.75) is 45.4 Å². The van der Waals surface area contributed by atoms with Crippen molar-refractivity contribution in [3.8, 4) is 10.7 Å². The average molecular weight is 329 g/mol. The van der Waals surface area contributed by atoms with Gasteiger partial charge in [-0.2, -0.15) is 0 Å². The molecule has 1 N–H and O–H groups in total. The Morgan fingerprint density at radius 3 is 3.09 bits per heavy atom. The van der Waals surface area contributed by atoms with E-state index in [1.165, 1.54) is 17.7 Å². The third-order valence-electron chi connectivity index (χ3n) is 4.27. The Balaban J connectivity index is 1.62. The fraction of sp³-hybridized carbons (Fsp3) is 0.500. The summed E-state index contributed by atoms with van der Waals surface area (Å²) in [5.74, 6) is 0.306. The Hall–Kier alpha value is -1.75. The van der Waals surface area contributed by atoms with Crippen LogP contribution >= 0.6 is 11.3 Å². The predicted molar refractivity (Wildman–Crippen MR) is 93.4 cm³/mol. The van der Waals surface area contributed by atoms with Crippen molar-refractivity contribution in [1.82, 2.24) is 15.3 Å². The number of unbranched alkanes of at least 4 members (excludes halogenated alkanes) is 2. The highest BCUT2D eigenvalue weighted by Crippen LogP contribution is 2.33. The smallest absolute Gasteiger partial charge is 0.223 e. The van der Waals surface area contributed by atoms with Gasteiger partial charge in [-0.3, -0.25) is 9.78 Å². The zero-order valence-electron chi connectivity index (χ0n) is 13.5. The van der Waals surface area contributed by atoms with Gasteiger partial charge in [-0.25, -0.2) is 4.98 Å². The van der Waals surface area contributed by atoms with Crippen LogP contribution in [0.3, 0.4) is 0 Å². The SMILES string of the molecule is CCCCCNC(=O)C1CCc2nc(-c3ccccn3)sc2C1. The highest BCUT2D eigenvalue weighted by Gasteiger charge is 2.27. The van der Waals surface area contributed by atoms with E-state index in [0.717, 1.165) is 48.6 Å². The van der Waals surface area contributed by atoms with Crippen molar-refractivity contribution < 1.29 is 4.79 Å². The number of fused-ring (bicyclic) bond motifs is 1. The Morgan fingerprint density at radius 2 is 2.30 bits per heavy atom. The Morgan fingerprint density at radius 1 is 1.39 bits per heavy atom. The predicted octanol–water partition coefficient (Wildman–Crippen LogP) is 3.62. The lowest BCUT2D eigenvalue weighted by Gasteiger charge is -2.20. The summed E-state index contributed by atoms with van der Waals surface area (Å²) in [4.78, 5) is 22.7. The van der Waals surface area contributed by atoms with Gasteiger partial charge in [-0.15, -0.1) is 11.3 Å². The average Bonchev–Trinajstić information content (AvgIpc) is 3.02. The van der Waals surface area contributed by atoms with Crippen LogP contribution in [0.1, 0.15) is 43.2 Å². The van der Waals surface area contributed by atoms with Gasteiger partial charge in [0, 0.05) is 23.5 Å². The molecule has 0 fully saturated rings. The van der Waals surface area contributed by atoms with Gasteiger partial charge in [0.2, 0.25) is 5.91 Å². The van der Waals surface area contributed by atoms with Crippen molar-refractivity contribution in [1.29, 1.82) is 0 Å². The van der Waals surface area contributed by atoms with Crippen LogP contribution in [0.4, 0.5) is 0 Å². The number of nitrogens with zero attached hydrogens (tertiary/aromatic N) is 2. The highest BCUT2D eigenvalue weighted by molar-refractivity contribution is 7.15. The van der Waals surface area contributed by atoms with Gasteiger partial charge in [0.15, 0.2) is 0 Å². The van der Waals surface area contributed by atoms with Gasteiger partial charge in [-0.1, -0.05) is 25.8 Å². The lowest BCUT2D eigenvalue weighted by atomic mass is 9.90. The number of hydrogen-bond donors (Lipinski definition) is 1. The van der Waals surface area contributed by atoms with E-state index < -0.39 is 0 Å². The maximum atomic E-state index is 12.3. The number of aryl methyl sites for hydroxylation is 1. The van der Waals surface area contributed by atoms with E-state index in [4.69, 9.17) is 4.98 Å². The number of hydrogen-bond acceptors (Lipinski definition) is 4. The van der Waals surface area contributed by atoms with E-state index in [-0.39, 0.29) is 11.8 Å². The third-order valence-corrected chi connectivity index (χ3v) is 5.42. The minimum atomic E-state index is 0.0983. The summed E-state index contributed by atoms with van der Waals surface area (Å²) in [5.41, 5.74) is 2.08. The Labute approximate surface area is 141 Å². The fourth-order valence-corrected chi connectivity index (χ4v) is 4.09. The van der Waals surface area contributed by atoms with E-state index in [1.54, 1.807) is 17.5 Å². The van der Waals surface area contributed by atoms with Crippen LogP contribution < -0.4 is 5.32 Å².